The summed E-state index contributed by atoms with van der Waals surface area (Å²) in [5.41, 5.74) is 0.0210. The van der Waals surface area contributed by atoms with Gasteiger partial charge in [0.2, 0.25) is 10.0 Å². The molecule has 1 atom stereocenters. The van der Waals surface area contributed by atoms with Gasteiger partial charge in [0.15, 0.2) is 5.78 Å². The first-order chi connectivity index (χ1) is 10.3. The van der Waals surface area contributed by atoms with Crippen molar-refractivity contribution >= 4 is 21.5 Å². The number of sulfonamides is 1. The maximum atomic E-state index is 13.4. The highest BCUT2D eigenvalue weighted by Crippen LogP contribution is 2.25. The molecular weight excluding hydrogens is 309 g/mol. The number of aliphatic hydroxyl groups is 1. The number of Topliss-reactive ketones (excluding diaryl/α,β-unsaturated/α-hetero) is 1. The summed E-state index contributed by atoms with van der Waals surface area (Å²) >= 11 is 0. The smallest absolute Gasteiger partial charge is 0.229 e. The zero-order chi connectivity index (χ0) is 16.3. The molecule has 0 saturated heterocycles. The van der Waals surface area contributed by atoms with E-state index in [-0.39, 0.29) is 11.3 Å². The molecule has 0 amide bonds. The second kappa shape index (κ2) is 6.25. The molecule has 2 rings (SSSR count). The van der Waals surface area contributed by atoms with E-state index in [4.69, 9.17) is 0 Å². The van der Waals surface area contributed by atoms with Crippen molar-refractivity contribution in [2.45, 2.75) is 6.10 Å². The molecule has 0 aliphatic heterocycles. The van der Waals surface area contributed by atoms with Gasteiger partial charge in [0.1, 0.15) is 11.9 Å². The normalized spacial score (nSPS) is 12.7. The lowest BCUT2D eigenvalue weighted by atomic mass is 9.99. The molecule has 0 spiro atoms. The molecule has 0 aliphatic carbocycles. The van der Waals surface area contributed by atoms with Crippen LogP contribution in [0.25, 0.3) is 0 Å². The number of rotatable bonds is 5. The number of hydrogen-bond acceptors (Lipinski definition) is 4. The Labute approximate surface area is 127 Å². The zero-order valence-corrected chi connectivity index (χ0v) is 12.5. The van der Waals surface area contributed by atoms with Crippen molar-refractivity contribution in [3.05, 3.63) is 65.5 Å². The fraction of sp³-hybridized carbons (Fsp3) is 0.133. The van der Waals surface area contributed by atoms with Gasteiger partial charge in [-0.1, -0.05) is 30.3 Å². The van der Waals surface area contributed by atoms with E-state index in [9.17, 15) is 22.7 Å². The molecule has 0 bridgehead atoms. The van der Waals surface area contributed by atoms with Gasteiger partial charge in [-0.25, -0.2) is 12.8 Å². The van der Waals surface area contributed by atoms with Gasteiger partial charge in [0.05, 0.1) is 11.9 Å². The van der Waals surface area contributed by atoms with E-state index < -0.39 is 27.7 Å². The monoisotopic (exact) mass is 323 g/mol. The minimum atomic E-state index is -3.64. The molecule has 0 aliphatic rings. The van der Waals surface area contributed by atoms with Crippen molar-refractivity contribution in [2.24, 2.45) is 0 Å². The number of benzene rings is 2. The van der Waals surface area contributed by atoms with Crippen LogP contribution in [-0.4, -0.2) is 25.6 Å². The van der Waals surface area contributed by atoms with E-state index in [2.05, 4.69) is 4.72 Å². The zero-order valence-electron chi connectivity index (χ0n) is 11.7. The van der Waals surface area contributed by atoms with Gasteiger partial charge in [0.25, 0.3) is 0 Å². The van der Waals surface area contributed by atoms with Crippen molar-refractivity contribution in [3.63, 3.8) is 0 Å². The summed E-state index contributed by atoms with van der Waals surface area (Å²) in [7, 11) is -3.64. The molecule has 2 N–H and O–H groups in total. The van der Waals surface area contributed by atoms with Crippen LogP contribution in [0.5, 0.6) is 0 Å². The van der Waals surface area contributed by atoms with Gasteiger partial charge >= 0.3 is 0 Å². The lowest BCUT2D eigenvalue weighted by Gasteiger charge is -2.14. The molecule has 22 heavy (non-hydrogen) atoms. The molecular formula is C15H14FNO4S. The van der Waals surface area contributed by atoms with E-state index >= 15 is 0 Å². The summed E-state index contributed by atoms with van der Waals surface area (Å²) in [6.07, 6.45) is -0.596. The second-order valence-corrected chi connectivity index (χ2v) is 6.49. The van der Waals surface area contributed by atoms with Crippen molar-refractivity contribution in [3.8, 4) is 0 Å². The maximum Gasteiger partial charge on any atom is 0.229 e. The minimum Gasteiger partial charge on any atom is -0.380 e. The van der Waals surface area contributed by atoms with Crippen LogP contribution >= 0.6 is 0 Å². The van der Waals surface area contributed by atoms with Crippen molar-refractivity contribution in [2.75, 3.05) is 11.0 Å². The summed E-state index contributed by atoms with van der Waals surface area (Å²) in [6.45, 7) is 0. The fourth-order valence-electron chi connectivity index (χ4n) is 1.94. The summed E-state index contributed by atoms with van der Waals surface area (Å²) in [5, 5.41) is 10.1. The van der Waals surface area contributed by atoms with Crippen LogP contribution in [-0.2, 0) is 10.0 Å². The van der Waals surface area contributed by atoms with Gasteiger partial charge in [-0.15, -0.1) is 0 Å². The molecule has 5 nitrogen and oxygen atoms in total. The average molecular weight is 323 g/mol. The van der Waals surface area contributed by atoms with Crippen LogP contribution in [0.1, 0.15) is 22.0 Å². The quantitative estimate of drug-likeness (QED) is 0.826. The van der Waals surface area contributed by atoms with E-state index in [0.29, 0.717) is 5.56 Å². The van der Waals surface area contributed by atoms with E-state index in [1.807, 2.05) is 0 Å². The van der Waals surface area contributed by atoms with Gasteiger partial charge < -0.3 is 5.11 Å². The van der Waals surface area contributed by atoms with Crippen molar-refractivity contribution in [1.29, 1.82) is 0 Å². The van der Waals surface area contributed by atoms with Crippen molar-refractivity contribution in [1.82, 2.24) is 0 Å². The largest absolute Gasteiger partial charge is 0.380 e. The number of halogens is 1. The number of anilines is 1. The SMILES string of the molecule is CS(=O)(=O)Nc1ccc(F)cc1C(=O)C(O)c1ccccc1. The third-order valence-corrected chi connectivity index (χ3v) is 3.50. The first-order valence-electron chi connectivity index (χ1n) is 6.32. The second-order valence-electron chi connectivity index (χ2n) is 4.74. The Balaban J connectivity index is 2.42. The third-order valence-electron chi connectivity index (χ3n) is 2.91. The minimum absolute atomic E-state index is 0.0797. The fourth-order valence-corrected chi connectivity index (χ4v) is 2.52. The lowest BCUT2D eigenvalue weighted by Crippen LogP contribution is -2.17. The lowest BCUT2D eigenvalue weighted by molar-refractivity contribution is 0.0748. The highest BCUT2D eigenvalue weighted by Gasteiger charge is 2.23. The predicted octanol–water partition coefficient (Wildman–Crippen LogP) is 2.11. The number of aliphatic hydroxyl groups excluding tert-OH is 1. The summed E-state index contributed by atoms with van der Waals surface area (Å²) in [4.78, 5) is 12.4. The Hall–Kier alpha value is -2.25. The molecule has 116 valence electrons. The van der Waals surface area contributed by atoms with Gasteiger partial charge in [-0.2, -0.15) is 0 Å². The Morgan fingerprint density at radius 3 is 2.41 bits per heavy atom. The first-order valence-corrected chi connectivity index (χ1v) is 8.21. The number of ketones is 1. The van der Waals surface area contributed by atoms with E-state index in [1.165, 1.54) is 0 Å². The molecule has 0 radical (unpaired) electrons. The number of hydrogen-bond donors (Lipinski definition) is 2. The van der Waals surface area contributed by atoms with Gasteiger partial charge in [0, 0.05) is 5.56 Å². The highest BCUT2D eigenvalue weighted by molar-refractivity contribution is 7.92. The molecule has 2 aromatic rings. The van der Waals surface area contributed by atoms with Crippen LogP contribution in [0.3, 0.4) is 0 Å². The van der Waals surface area contributed by atoms with E-state index in [0.717, 1.165) is 24.5 Å². The summed E-state index contributed by atoms with van der Waals surface area (Å²) in [5.74, 6) is -1.50. The molecule has 0 fully saturated rings. The predicted molar refractivity (Wildman–Crippen MR) is 80.6 cm³/mol. The number of nitrogens with one attached hydrogen (secondary N) is 1. The van der Waals surface area contributed by atoms with Crippen LogP contribution < -0.4 is 4.72 Å². The summed E-state index contributed by atoms with van der Waals surface area (Å²) < 4.78 is 38.2. The molecule has 0 saturated carbocycles. The van der Waals surface area contributed by atoms with Crippen molar-refractivity contribution < 1.29 is 22.7 Å². The Morgan fingerprint density at radius 1 is 1.18 bits per heavy atom. The number of carbonyl (C=O) groups excluding carboxylic acids is 1. The summed E-state index contributed by atoms with van der Waals surface area (Å²) in [6, 6.07) is 11.2. The number of carbonyl (C=O) groups is 1. The first kappa shape index (κ1) is 16.1. The third kappa shape index (κ3) is 3.90. The molecule has 2 aromatic carbocycles. The van der Waals surface area contributed by atoms with Crippen LogP contribution in [0.2, 0.25) is 0 Å². The van der Waals surface area contributed by atoms with Crippen LogP contribution in [0, 0.1) is 5.82 Å². The molecule has 0 aromatic heterocycles. The molecule has 0 heterocycles. The molecule has 1 unspecified atom stereocenters. The maximum absolute atomic E-state index is 13.4. The average Bonchev–Trinajstić information content (AvgIpc) is 2.47. The van der Waals surface area contributed by atoms with Crippen LogP contribution in [0.15, 0.2) is 48.5 Å². The standard InChI is InChI=1S/C15H14FNO4S/c1-22(20,21)17-13-8-7-11(16)9-12(13)15(19)14(18)10-5-3-2-4-6-10/h2-9,14,17-18H,1H3. The Kier molecular flexibility index (Phi) is 4.58. The van der Waals surface area contributed by atoms with Gasteiger partial charge in [-0.3, -0.25) is 9.52 Å². The Morgan fingerprint density at radius 2 is 1.82 bits per heavy atom. The highest BCUT2D eigenvalue weighted by atomic mass is 32.2. The van der Waals surface area contributed by atoms with Crippen LogP contribution in [0.4, 0.5) is 10.1 Å². The Bertz CT molecular complexity index is 790. The van der Waals surface area contributed by atoms with Gasteiger partial charge in [-0.05, 0) is 23.8 Å². The topological polar surface area (TPSA) is 83.5 Å². The van der Waals surface area contributed by atoms with E-state index in [1.54, 1.807) is 30.3 Å². The molecule has 7 heteroatoms.